The number of aromatic amines is 2. The van der Waals surface area contributed by atoms with Crippen molar-refractivity contribution in [2.24, 2.45) is 10.2 Å². The average molecular weight is 381 g/mol. The molecule has 0 amide bonds. The van der Waals surface area contributed by atoms with E-state index in [1.165, 1.54) is 4.68 Å². The van der Waals surface area contributed by atoms with Crippen LogP contribution in [0.5, 0.6) is 0 Å². The van der Waals surface area contributed by atoms with Crippen LogP contribution in [0.4, 0.5) is 17.1 Å². The van der Waals surface area contributed by atoms with Gasteiger partial charge in [-0.05, 0) is 44.5 Å². The van der Waals surface area contributed by atoms with Crippen LogP contribution in [0.1, 0.15) is 23.9 Å². The summed E-state index contributed by atoms with van der Waals surface area (Å²) < 4.78 is 1.17. The molecule has 0 aliphatic carbocycles. The highest BCUT2D eigenvalue weighted by Crippen LogP contribution is 2.21. The molecule has 0 fully saturated rings. The van der Waals surface area contributed by atoms with Gasteiger partial charge in [-0.15, -0.1) is 5.11 Å². The Morgan fingerprint density at radius 3 is 2.36 bits per heavy atom. The summed E-state index contributed by atoms with van der Waals surface area (Å²) in [5.74, 6) is 0.129. The molecule has 0 radical (unpaired) electrons. The third-order valence-electron chi connectivity index (χ3n) is 4.45. The molecule has 2 aromatic heterocycles. The molecular weight excluding hydrogens is 358 g/mol. The summed E-state index contributed by atoms with van der Waals surface area (Å²) in [7, 11) is 3.91. The maximum atomic E-state index is 12.7. The summed E-state index contributed by atoms with van der Waals surface area (Å²) in [5.41, 5.74) is 2.86. The lowest BCUT2D eigenvalue weighted by molar-refractivity contribution is 0.755. The predicted molar refractivity (Wildman–Crippen MR) is 109 cm³/mol. The van der Waals surface area contributed by atoms with Crippen molar-refractivity contribution in [3.8, 4) is 5.95 Å². The summed E-state index contributed by atoms with van der Waals surface area (Å²) in [4.78, 5) is 33.9. The van der Waals surface area contributed by atoms with Gasteiger partial charge in [-0.1, -0.05) is 6.92 Å². The van der Waals surface area contributed by atoms with Crippen molar-refractivity contribution >= 4 is 17.1 Å². The highest BCUT2D eigenvalue weighted by Gasteiger charge is 2.15. The lowest BCUT2D eigenvalue weighted by atomic mass is 10.2. The smallest absolute Gasteiger partial charge is 0.301 e. The topological polar surface area (TPSA) is 112 Å². The van der Waals surface area contributed by atoms with Crippen molar-refractivity contribution in [1.82, 2.24) is 19.7 Å². The van der Waals surface area contributed by atoms with Crippen molar-refractivity contribution in [1.29, 1.82) is 0 Å². The van der Waals surface area contributed by atoms with Crippen molar-refractivity contribution in [3.05, 3.63) is 61.9 Å². The molecule has 0 saturated carbocycles. The van der Waals surface area contributed by atoms with Gasteiger partial charge in [0, 0.05) is 31.0 Å². The molecule has 0 saturated heterocycles. The summed E-state index contributed by atoms with van der Waals surface area (Å²) in [6, 6.07) is 7.49. The zero-order chi connectivity index (χ0) is 20.4. The number of nitrogens with zero attached hydrogens (tertiary/aromatic N) is 5. The van der Waals surface area contributed by atoms with Gasteiger partial charge in [0.15, 0.2) is 5.69 Å². The molecule has 0 aliphatic rings. The van der Waals surface area contributed by atoms with Crippen LogP contribution in [0.2, 0.25) is 0 Å². The van der Waals surface area contributed by atoms with Crippen molar-refractivity contribution < 1.29 is 0 Å². The van der Waals surface area contributed by atoms with Gasteiger partial charge >= 0.3 is 5.56 Å². The first-order valence-corrected chi connectivity index (χ1v) is 8.92. The lowest BCUT2D eigenvalue weighted by Gasteiger charge is -2.11. The number of aryl methyl sites for hydroxylation is 2. The first kappa shape index (κ1) is 19.3. The van der Waals surface area contributed by atoms with E-state index in [4.69, 9.17) is 0 Å². The zero-order valence-electron chi connectivity index (χ0n) is 16.6. The maximum Gasteiger partial charge on any atom is 0.301 e. The fraction of sp³-hybridized carbons (Fsp3) is 0.316. The number of nitrogens with one attached hydrogen (secondary N) is 2. The van der Waals surface area contributed by atoms with Crippen molar-refractivity contribution in [3.63, 3.8) is 0 Å². The minimum Gasteiger partial charge on any atom is -0.378 e. The summed E-state index contributed by atoms with van der Waals surface area (Å²) >= 11 is 0. The molecule has 1 aromatic carbocycles. The standard InChI is InChI=1S/C19H23N7O2/c1-6-15-11(2)20-19(21-17(15)27)26-18(28)16(12(3)24-26)23-22-13-7-9-14(10-8-13)25(4)5/h7-10,24H,6H2,1-5H3,(H,20,21,27). The van der Waals surface area contributed by atoms with Crippen molar-refractivity contribution in [2.75, 3.05) is 19.0 Å². The van der Waals surface area contributed by atoms with Gasteiger partial charge in [-0.25, -0.2) is 4.98 Å². The van der Waals surface area contributed by atoms with Crippen LogP contribution in [-0.4, -0.2) is 33.8 Å². The van der Waals surface area contributed by atoms with Crippen LogP contribution < -0.4 is 16.0 Å². The van der Waals surface area contributed by atoms with E-state index in [1.54, 1.807) is 13.8 Å². The third kappa shape index (κ3) is 3.64. The quantitative estimate of drug-likeness (QED) is 0.662. The Morgan fingerprint density at radius 1 is 1.11 bits per heavy atom. The monoisotopic (exact) mass is 381 g/mol. The highest BCUT2D eigenvalue weighted by molar-refractivity contribution is 5.52. The fourth-order valence-electron chi connectivity index (χ4n) is 2.85. The van der Waals surface area contributed by atoms with E-state index in [1.807, 2.05) is 50.2 Å². The minimum atomic E-state index is -0.432. The molecule has 0 atom stereocenters. The number of aromatic nitrogens is 4. The third-order valence-corrected chi connectivity index (χ3v) is 4.45. The van der Waals surface area contributed by atoms with Gasteiger partial charge in [0.05, 0.1) is 11.4 Å². The van der Waals surface area contributed by atoms with E-state index in [2.05, 4.69) is 25.3 Å². The highest BCUT2D eigenvalue weighted by atomic mass is 16.1. The number of H-pyrrole nitrogens is 2. The fourth-order valence-corrected chi connectivity index (χ4v) is 2.85. The summed E-state index contributed by atoms with van der Waals surface area (Å²) in [6.07, 6.45) is 0.569. The Bertz CT molecular complexity index is 1130. The molecule has 9 nitrogen and oxygen atoms in total. The largest absolute Gasteiger partial charge is 0.378 e. The molecule has 2 N–H and O–H groups in total. The SMILES string of the molecule is CCc1c(C)nc(-n2[nH]c(C)c(N=Nc3ccc(N(C)C)cc3)c2=O)[nH]c1=O. The van der Waals surface area contributed by atoms with E-state index >= 15 is 0 Å². The van der Waals surface area contributed by atoms with Gasteiger partial charge in [0.25, 0.3) is 5.56 Å². The second kappa shape index (κ2) is 7.63. The summed E-state index contributed by atoms with van der Waals surface area (Å²) in [5, 5.41) is 11.1. The van der Waals surface area contributed by atoms with Gasteiger partial charge in [0.2, 0.25) is 5.95 Å². The number of benzene rings is 1. The van der Waals surface area contributed by atoms with E-state index in [-0.39, 0.29) is 17.2 Å². The molecule has 2 heterocycles. The van der Waals surface area contributed by atoms with Gasteiger partial charge in [-0.2, -0.15) is 9.80 Å². The average Bonchev–Trinajstić information content (AvgIpc) is 2.94. The van der Waals surface area contributed by atoms with Crippen LogP contribution in [0.15, 0.2) is 44.1 Å². The molecule has 3 rings (SSSR count). The van der Waals surface area contributed by atoms with Crippen molar-refractivity contribution in [2.45, 2.75) is 27.2 Å². The van der Waals surface area contributed by atoms with Crippen LogP contribution >= 0.6 is 0 Å². The number of azo groups is 1. The first-order valence-electron chi connectivity index (χ1n) is 8.92. The molecule has 0 unspecified atom stereocenters. The zero-order valence-corrected chi connectivity index (χ0v) is 16.6. The lowest BCUT2D eigenvalue weighted by Crippen LogP contribution is -2.24. The Morgan fingerprint density at radius 2 is 1.79 bits per heavy atom. The van der Waals surface area contributed by atoms with Crippen LogP contribution in [0, 0.1) is 13.8 Å². The van der Waals surface area contributed by atoms with E-state index in [9.17, 15) is 9.59 Å². The molecule has 146 valence electrons. The Labute approximate surface area is 161 Å². The molecule has 3 aromatic rings. The predicted octanol–water partition coefficient (Wildman–Crippen LogP) is 2.91. The molecule has 28 heavy (non-hydrogen) atoms. The number of hydrogen-bond acceptors (Lipinski definition) is 6. The Balaban J connectivity index is 1.96. The minimum absolute atomic E-state index is 0.129. The maximum absolute atomic E-state index is 12.7. The van der Waals surface area contributed by atoms with E-state index in [0.29, 0.717) is 29.1 Å². The number of anilines is 1. The Hall–Kier alpha value is -3.49. The normalized spacial score (nSPS) is 11.3. The van der Waals surface area contributed by atoms with Crippen LogP contribution in [0.25, 0.3) is 5.95 Å². The van der Waals surface area contributed by atoms with E-state index in [0.717, 1.165) is 5.69 Å². The molecule has 0 bridgehead atoms. The second-order valence-electron chi connectivity index (χ2n) is 6.64. The van der Waals surface area contributed by atoms with Gasteiger partial charge < -0.3 is 4.90 Å². The van der Waals surface area contributed by atoms with Gasteiger partial charge in [0.1, 0.15) is 0 Å². The second-order valence-corrected chi connectivity index (χ2v) is 6.64. The van der Waals surface area contributed by atoms with Crippen LogP contribution in [0.3, 0.4) is 0 Å². The van der Waals surface area contributed by atoms with E-state index < -0.39 is 5.56 Å². The number of rotatable bonds is 5. The van der Waals surface area contributed by atoms with Gasteiger partial charge in [-0.3, -0.25) is 19.7 Å². The first-order chi connectivity index (χ1) is 13.3. The number of hydrogen-bond donors (Lipinski definition) is 2. The summed E-state index contributed by atoms with van der Waals surface area (Å²) in [6.45, 7) is 5.34. The molecule has 0 spiro atoms. The van der Waals surface area contributed by atoms with Crippen LogP contribution in [-0.2, 0) is 6.42 Å². The molecule has 0 aliphatic heterocycles. The molecular formula is C19H23N7O2. The Kier molecular flexibility index (Phi) is 5.25. The molecule has 9 heteroatoms.